The SMILES string of the molecule is CN(CC(N)(CO)C1CC1)c1ccc(F)cc1. The van der Waals surface area contributed by atoms with Gasteiger partial charge in [0.05, 0.1) is 12.1 Å². The highest BCUT2D eigenvalue weighted by atomic mass is 19.1. The van der Waals surface area contributed by atoms with E-state index < -0.39 is 5.54 Å². The van der Waals surface area contributed by atoms with Crippen molar-refractivity contribution in [1.29, 1.82) is 0 Å². The summed E-state index contributed by atoms with van der Waals surface area (Å²) >= 11 is 0. The van der Waals surface area contributed by atoms with E-state index in [4.69, 9.17) is 5.73 Å². The molecule has 1 unspecified atom stereocenters. The number of hydrogen-bond acceptors (Lipinski definition) is 3. The lowest BCUT2D eigenvalue weighted by Crippen LogP contribution is -2.54. The van der Waals surface area contributed by atoms with Crippen molar-refractivity contribution in [3.8, 4) is 0 Å². The van der Waals surface area contributed by atoms with Gasteiger partial charge in [0.25, 0.3) is 0 Å². The molecule has 0 spiro atoms. The van der Waals surface area contributed by atoms with Gasteiger partial charge in [-0.05, 0) is 43.0 Å². The Hall–Kier alpha value is -1.13. The first-order valence-electron chi connectivity index (χ1n) is 5.91. The number of benzene rings is 1. The molecule has 0 aliphatic heterocycles. The van der Waals surface area contributed by atoms with Crippen LogP contribution in [0.2, 0.25) is 0 Å². The highest BCUT2D eigenvalue weighted by Crippen LogP contribution is 2.38. The molecule has 1 fully saturated rings. The zero-order valence-corrected chi connectivity index (χ0v) is 10.1. The zero-order chi connectivity index (χ0) is 12.5. The molecule has 0 heterocycles. The molecule has 0 radical (unpaired) electrons. The number of aliphatic hydroxyl groups excluding tert-OH is 1. The maximum absolute atomic E-state index is 12.8. The van der Waals surface area contributed by atoms with E-state index in [9.17, 15) is 9.50 Å². The van der Waals surface area contributed by atoms with Gasteiger partial charge in [-0.25, -0.2) is 4.39 Å². The molecule has 4 heteroatoms. The van der Waals surface area contributed by atoms with Gasteiger partial charge in [-0.1, -0.05) is 0 Å². The third-order valence-corrected chi connectivity index (χ3v) is 3.48. The standard InChI is InChI=1S/C13H19FN2O/c1-16(12-6-4-11(14)5-7-12)8-13(15,9-17)10-2-3-10/h4-7,10,17H,2-3,8-9,15H2,1H3. The van der Waals surface area contributed by atoms with Gasteiger partial charge in [-0.2, -0.15) is 0 Å². The molecule has 1 aromatic carbocycles. The minimum absolute atomic E-state index is 0.0107. The van der Waals surface area contributed by atoms with Crippen molar-refractivity contribution in [2.24, 2.45) is 11.7 Å². The summed E-state index contributed by atoms with van der Waals surface area (Å²) in [6.45, 7) is 0.572. The molecule has 2 rings (SSSR count). The number of nitrogens with two attached hydrogens (primary N) is 1. The normalized spacial score (nSPS) is 18.8. The Morgan fingerprint density at radius 1 is 1.41 bits per heavy atom. The summed E-state index contributed by atoms with van der Waals surface area (Å²) in [6.07, 6.45) is 2.18. The summed E-state index contributed by atoms with van der Waals surface area (Å²) in [5.41, 5.74) is 6.58. The molecule has 1 aromatic rings. The van der Waals surface area contributed by atoms with Crippen LogP contribution in [0, 0.1) is 11.7 Å². The molecule has 0 aromatic heterocycles. The van der Waals surface area contributed by atoms with Gasteiger partial charge in [0.2, 0.25) is 0 Å². The number of anilines is 1. The van der Waals surface area contributed by atoms with Crippen molar-refractivity contribution in [3.63, 3.8) is 0 Å². The smallest absolute Gasteiger partial charge is 0.123 e. The van der Waals surface area contributed by atoms with E-state index in [1.54, 1.807) is 12.1 Å². The van der Waals surface area contributed by atoms with Crippen molar-refractivity contribution >= 4 is 5.69 Å². The van der Waals surface area contributed by atoms with E-state index in [0.717, 1.165) is 18.5 Å². The first kappa shape index (κ1) is 12.3. The average molecular weight is 238 g/mol. The van der Waals surface area contributed by atoms with Gasteiger partial charge in [0.15, 0.2) is 0 Å². The first-order chi connectivity index (χ1) is 8.05. The van der Waals surface area contributed by atoms with Crippen molar-refractivity contribution in [2.45, 2.75) is 18.4 Å². The van der Waals surface area contributed by atoms with Gasteiger partial charge in [0.1, 0.15) is 5.82 Å². The predicted octanol–water partition coefficient (Wildman–Crippen LogP) is 1.36. The molecule has 3 N–H and O–H groups in total. The summed E-state index contributed by atoms with van der Waals surface area (Å²) < 4.78 is 12.8. The fourth-order valence-electron chi connectivity index (χ4n) is 2.19. The molecule has 3 nitrogen and oxygen atoms in total. The fourth-order valence-corrected chi connectivity index (χ4v) is 2.19. The molecule has 94 valence electrons. The molecule has 0 amide bonds. The number of hydrogen-bond donors (Lipinski definition) is 2. The molecule has 1 saturated carbocycles. The van der Waals surface area contributed by atoms with Crippen LogP contribution in [0.5, 0.6) is 0 Å². The Labute approximate surface area is 101 Å². The summed E-state index contributed by atoms with van der Waals surface area (Å²) in [6, 6.07) is 6.31. The Morgan fingerprint density at radius 2 is 2.00 bits per heavy atom. The molecule has 0 bridgehead atoms. The first-order valence-corrected chi connectivity index (χ1v) is 5.91. The van der Waals surface area contributed by atoms with Gasteiger partial charge >= 0.3 is 0 Å². The van der Waals surface area contributed by atoms with Crippen LogP contribution in [-0.4, -0.2) is 30.8 Å². The van der Waals surface area contributed by atoms with Gasteiger partial charge in [-0.3, -0.25) is 0 Å². The molecular weight excluding hydrogens is 219 g/mol. The largest absolute Gasteiger partial charge is 0.394 e. The zero-order valence-electron chi connectivity index (χ0n) is 10.1. The lowest BCUT2D eigenvalue weighted by Gasteiger charge is -2.33. The summed E-state index contributed by atoms with van der Waals surface area (Å²) in [5, 5.41) is 9.42. The van der Waals surface area contributed by atoms with Gasteiger partial charge in [-0.15, -0.1) is 0 Å². The minimum atomic E-state index is -0.539. The lowest BCUT2D eigenvalue weighted by atomic mass is 9.95. The van der Waals surface area contributed by atoms with E-state index >= 15 is 0 Å². The van der Waals surface area contributed by atoms with Crippen molar-refractivity contribution in [1.82, 2.24) is 0 Å². The predicted molar refractivity (Wildman–Crippen MR) is 66.4 cm³/mol. The van der Waals surface area contributed by atoms with Crippen LogP contribution < -0.4 is 10.6 Å². The van der Waals surface area contributed by atoms with E-state index in [-0.39, 0.29) is 12.4 Å². The van der Waals surface area contributed by atoms with Crippen molar-refractivity contribution < 1.29 is 9.50 Å². The van der Waals surface area contributed by atoms with Gasteiger partial charge < -0.3 is 15.7 Å². The Bertz CT molecular complexity index is 378. The van der Waals surface area contributed by atoms with Crippen LogP contribution in [0.3, 0.4) is 0 Å². The van der Waals surface area contributed by atoms with Gasteiger partial charge in [0, 0.05) is 19.3 Å². The number of rotatable bonds is 5. The molecule has 17 heavy (non-hydrogen) atoms. The van der Waals surface area contributed by atoms with Crippen LogP contribution in [-0.2, 0) is 0 Å². The average Bonchev–Trinajstić information content (AvgIpc) is 3.13. The van der Waals surface area contributed by atoms with E-state index in [1.807, 2.05) is 11.9 Å². The second kappa shape index (κ2) is 4.63. The summed E-state index contributed by atoms with van der Waals surface area (Å²) in [5.74, 6) is 0.168. The molecule has 1 aliphatic carbocycles. The number of halogens is 1. The van der Waals surface area contributed by atoms with Crippen LogP contribution in [0.4, 0.5) is 10.1 Å². The van der Waals surface area contributed by atoms with Crippen LogP contribution in [0.1, 0.15) is 12.8 Å². The molecule has 0 saturated heterocycles. The highest BCUT2D eigenvalue weighted by Gasteiger charge is 2.42. The van der Waals surface area contributed by atoms with Crippen molar-refractivity contribution in [3.05, 3.63) is 30.1 Å². The third-order valence-electron chi connectivity index (χ3n) is 3.48. The Kier molecular flexibility index (Phi) is 3.35. The maximum Gasteiger partial charge on any atom is 0.123 e. The Morgan fingerprint density at radius 3 is 2.47 bits per heavy atom. The second-order valence-corrected chi connectivity index (χ2v) is 5.00. The Balaban J connectivity index is 2.04. The molecule has 1 atom stereocenters. The summed E-state index contributed by atoms with van der Waals surface area (Å²) in [7, 11) is 1.91. The number of aliphatic hydroxyl groups is 1. The van der Waals surface area contributed by atoms with Crippen LogP contribution in [0.25, 0.3) is 0 Å². The van der Waals surface area contributed by atoms with Crippen LogP contribution in [0.15, 0.2) is 24.3 Å². The van der Waals surface area contributed by atoms with Crippen LogP contribution >= 0.6 is 0 Å². The second-order valence-electron chi connectivity index (χ2n) is 5.00. The van der Waals surface area contributed by atoms with E-state index in [2.05, 4.69) is 0 Å². The third kappa shape index (κ3) is 2.76. The lowest BCUT2D eigenvalue weighted by molar-refractivity contribution is 0.181. The van der Waals surface area contributed by atoms with E-state index in [1.165, 1.54) is 12.1 Å². The topological polar surface area (TPSA) is 49.5 Å². The van der Waals surface area contributed by atoms with E-state index in [0.29, 0.717) is 12.5 Å². The monoisotopic (exact) mass is 238 g/mol. The molecular formula is C13H19FN2O. The molecule has 1 aliphatic rings. The maximum atomic E-state index is 12.8. The fraction of sp³-hybridized carbons (Fsp3) is 0.538. The minimum Gasteiger partial charge on any atom is -0.394 e. The number of nitrogens with zero attached hydrogens (tertiary/aromatic N) is 1. The highest BCUT2D eigenvalue weighted by molar-refractivity contribution is 5.46. The van der Waals surface area contributed by atoms with Crippen molar-refractivity contribution in [2.75, 3.05) is 25.1 Å². The summed E-state index contributed by atoms with van der Waals surface area (Å²) in [4.78, 5) is 1.97. The number of likely N-dealkylation sites (N-methyl/N-ethyl adjacent to an activating group) is 1. The quantitative estimate of drug-likeness (QED) is 0.814.